The van der Waals surface area contributed by atoms with Gasteiger partial charge in [0.2, 0.25) is 0 Å². The number of rotatable bonds is 3. The molecule has 4 aromatic rings. The minimum absolute atomic E-state index is 0.756. The van der Waals surface area contributed by atoms with Crippen LogP contribution in [-0.4, -0.2) is 48.2 Å². The molecule has 5 rings (SSSR count). The normalized spacial score (nSPS) is 17.4. The van der Waals surface area contributed by atoms with Crippen LogP contribution in [0.15, 0.2) is 60.2 Å². The molecule has 5 nitrogen and oxygen atoms in total. The minimum atomic E-state index is 0.756. The van der Waals surface area contributed by atoms with Crippen LogP contribution in [0.3, 0.4) is 0 Å². The number of fused-ring (bicyclic) bond motifs is 1. The Kier molecular flexibility index (Phi) is 4.96. The molecule has 0 aliphatic carbocycles. The summed E-state index contributed by atoms with van der Waals surface area (Å²) >= 11 is 1.70. The Balaban J connectivity index is 1.70. The summed E-state index contributed by atoms with van der Waals surface area (Å²) in [6, 6.07) is 14.5. The van der Waals surface area contributed by atoms with Gasteiger partial charge < -0.3 is 9.80 Å². The van der Waals surface area contributed by atoms with Crippen LogP contribution in [0, 0.1) is 0 Å². The zero-order valence-corrected chi connectivity index (χ0v) is 17.3. The summed E-state index contributed by atoms with van der Waals surface area (Å²) in [6.45, 7) is 4.36. The highest BCUT2D eigenvalue weighted by Gasteiger charge is 2.23. The van der Waals surface area contributed by atoms with E-state index in [-0.39, 0.29) is 0 Å². The number of hydrogen-bond donors (Lipinski definition) is 1. The lowest BCUT2D eigenvalue weighted by Gasteiger charge is -2.22. The maximum absolute atomic E-state index is 5.09. The molecule has 1 atom stereocenters. The Labute approximate surface area is 174 Å². The van der Waals surface area contributed by atoms with Crippen molar-refractivity contribution in [2.45, 2.75) is 6.42 Å². The minimum Gasteiger partial charge on any atom is -0.350 e. The quantitative estimate of drug-likeness (QED) is 0.572. The van der Waals surface area contributed by atoms with Crippen LogP contribution in [0.1, 0.15) is 6.42 Å². The van der Waals surface area contributed by atoms with Crippen molar-refractivity contribution in [2.75, 3.05) is 38.1 Å². The van der Waals surface area contributed by atoms with Crippen LogP contribution in [0.4, 0.5) is 5.82 Å². The monoisotopic (exact) mass is 402 g/mol. The molecule has 0 bridgehead atoms. The molecule has 0 radical (unpaired) electrons. The first kappa shape index (κ1) is 18.2. The fourth-order valence-electron chi connectivity index (χ4n) is 3.95. The molecule has 29 heavy (non-hydrogen) atoms. The number of nitrogens with one attached hydrogen (secondary N) is 1. The molecule has 1 unspecified atom stereocenters. The zero-order valence-electron chi connectivity index (χ0n) is 16.5. The summed E-state index contributed by atoms with van der Waals surface area (Å²) in [4.78, 5) is 19.4. The largest absolute Gasteiger partial charge is 0.350 e. The van der Waals surface area contributed by atoms with Gasteiger partial charge in [0.25, 0.3) is 0 Å². The molecule has 1 saturated heterocycles. The Hall–Kier alpha value is -2.83. The molecule has 3 aromatic heterocycles. The Morgan fingerprint density at radius 1 is 0.966 bits per heavy atom. The van der Waals surface area contributed by atoms with Gasteiger partial charge in [0.05, 0.1) is 32.1 Å². The first-order chi connectivity index (χ1) is 14.3. The topological polar surface area (TPSA) is 46.4 Å². The number of benzene rings is 1. The molecule has 1 aliphatic heterocycles. The molecular weight excluding hydrogens is 378 g/mol. The number of anilines is 1. The van der Waals surface area contributed by atoms with E-state index in [2.05, 4.69) is 52.6 Å². The van der Waals surface area contributed by atoms with Gasteiger partial charge in [-0.15, -0.1) is 11.3 Å². The van der Waals surface area contributed by atoms with Gasteiger partial charge in [-0.1, -0.05) is 30.3 Å². The van der Waals surface area contributed by atoms with Crippen molar-refractivity contribution in [1.29, 1.82) is 0 Å². The fourth-order valence-corrected chi connectivity index (χ4v) is 4.89. The Morgan fingerprint density at radius 3 is 2.66 bits per heavy atom. The van der Waals surface area contributed by atoms with Gasteiger partial charge in [-0.05, 0) is 17.7 Å². The summed E-state index contributed by atoms with van der Waals surface area (Å²) in [5, 5.41) is 3.40. The summed E-state index contributed by atoms with van der Waals surface area (Å²) in [5.41, 5.74) is 3.40. The number of quaternary nitrogens is 1. The second-order valence-corrected chi connectivity index (χ2v) is 8.46. The predicted octanol–water partition coefficient (Wildman–Crippen LogP) is 3.15. The van der Waals surface area contributed by atoms with Gasteiger partial charge >= 0.3 is 0 Å². The van der Waals surface area contributed by atoms with Crippen LogP contribution in [0.2, 0.25) is 0 Å². The summed E-state index contributed by atoms with van der Waals surface area (Å²) in [6.07, 6.45) is 4.80. The van der Waals surface area contributed by atoms with E-state index in [1.54, 1.807) is 22.4 Å². The van der Waals surface area contributed by atoms with E-state index in [0.717, 1.165) is 41.7 Å². The average Bonchev–Trinajstić information content (AvgIpc) is 3.09. The van der Waals surface area contributed by atoms with E-state index < -0.39 is 0 Å². The number of hydrogen-bond acceptors (Lipinski definition) is 5. The molecule has 6 heteroatoms. The summed E-state index contributed by atoms with van der Waals surface area (Å²) in [7, 11) is 2.28. The van der Waals surface area contributed by atoms with Crippen molar-refractivity contribution in [3.8, 4) is 22.5 Å². The van der Waals surface area contributed by atoms with Crippen LogP contribution in [0.5, 0.6) is 0 Å². The van der Waals surface area contributed by atoms with Crippen LogP contribution < -0.4 is 9.80 Å². The lowest BCUT2D eigenvalue weighted by Crippen LogP contribution is -3.09. The Bertz CT molecular complexity index is 1110. The van der Waals surface area contributed by atoms with Gasteiger partial charge in [-0.3, -0.25) is 4.98 Å². The second-order valence-electron chi connectivity index (χ2n) is 7.61. The number of pyridine rings is 1. The molecule has 1 aromatic carbocycles. The zero-order chi connectivity index (χ0) is 19.6. The lowest BCUT2D eigenvalue weighted by atomic mass is 10.1. The van der Waals surface area contributed by atoms with Crippen molar-refractivity contribution in [1.82, 2.24) is 15.0 Å². The maximum atomic E-state index is 5.09. The molecule has 146 valence electrons. The molecule has 0 saturated carbocycles. The van der Waals surface area contributed by atoms with E-state index in [1.807, 2.05) is 18.3 Å². The number of nitrogens with zero attached hydrogens (tertiary/aromatic N) is 4. The molecule has 1 N–H and O–H groups in total. The standard InChI is InChI=1S/C23H23N5S/c1-27-11-6-12-28(14-13-27)22-20-19(17-7-3-2-4-8-17)16-29-23(20)26-21(25-22)18-9-5-10-24-15-18/h2-5,7-10,15-16H,6,11-14H2,1H3/p+1. The van der Waals surface area contributed by atoms with Crippen LogP contribution >= 0.6 is 11.3 Å². The third kappa shape index (κ3) is 3.61. The highest BCUT2D eigenvalue weighted by Crippen LogP contribution is 2.39. The highest BCUT2D eigenvalue weighted by molar-refractivity contribution is 7.17. The van der Waals surface area contributed by atoms with Crippen LogP contribution in [0.25, 0.3) is 32.7 Å². The first-order valence-electron chi connectivity index (χ1n) is 10.1. The predicted molar refractivity (Wildman–Crippen MR) is 120 cm³/mol. The highest BCUT2D eigenvalue weighted by atomic mass is 32.1. The second kappa shape index (κ2) is 7.89. The number of thiophene rings is 1. The maximum Gasteiger partial charge on any atom is 0.164 e. The fraction of sp³-hybridized carbons (Fsp3) is 0.261. The van der Waals surface area contributed by atoms with Gasteiger partial charge in [0.1, 0.15) is 10.6 Å². The third-order valence-corrected chi connectivity index (χ3v) is 6.43. The van der Waals surface area contributed by atoms with E-state index in [9.17, 15) is 0 Å². The van der Waals surface area contributed by atoms with E-state index >= 15 is 0 Å². The molecular formula is C23H24N5S+. The SMILES string of the molecule is C[NH+]1CCCN(c2nc(-c3cccnc3)nc3scc(-c4ccccc4)c23)CC1. The van der Waals surface area contributed by atoms with Gasteiger partial charge in [-0.25, -0.2) is 9.97 Å². The molecule has 0 spiro atoms. The van der Waals surface area contributed by atoms with E-state index in [1.165, 1.54) is 29.5 Å². The van der Waals surface area contributed by atoms with Crippen molar-refractivity contribution in [3.63, 3.8) is 0 Å². The Morgan fingerprint density at radius 2 is 1.83 bits per heavy atom. The van der Waals surface area contributed by atoms with Crippen molar-refractivity contribution in [3.05, 3.63) is 60.2 Å². The first-order valence-corrected chi connectivity index (χ1v) is 11.0. The molecule has 0 amide bonds. The summed E-state index contributed by atoms with van der Waals surface area (Å²) in [5.74, 6) is 1.82. The molecule has 4 heterocycles. The van der Waals surface area contributed by atoms with E-state index in [0.29, 0.717) is 0 Å². The van der Waals surface area contributed by atoms with Gasteiger partial charge in [-0.2, -0.15) is 0 Å². The van der Waals surface area contributed by atoms with Crippen molar-refractivity contribution in [2.24, 2.45) is 0 Å². The molecule has 1 fully saturated rings. The van der Waals surface area contributed by atoms with Crippen molar-refractivity contribution >= 4 is 27.4 Å². The van der Waals surface area contributed by atoms with Crippen LogP contribution in [-0.2, 0) is 0 Å². The van der Waals surface area contributed by atoms with Gasteiger partial charge in [0.15, 0.2) is 5.82 Å². The van der Waals surface area contributed by atoms with E-state index in [4.69, 9.17) is 9.97 Å². The smallest absolute Gasteiger partial charge is 0.164 e. The summed E-state index contributed by atoms with van der Waals surface area (Å²) < 4.78 is 0. The van der Waals surface area contributed by atoms with Gasteiger partial charge in [0, 0.05) is 41.9 Å². The number of aromatic nitrogens is 3. The average molecular weight is 403 g/mol. The molecule has 1 aliphatic rings. The third-order valence-electron chi connectivity index (χ3n) is 5.56. The lowest BCUT2D eigenvalue weighted by molar-refractivity contribution is -0.876. The number of likely N-dealkylation sites (N-methyl/N-ethyl adjacent to an activating group) is 1. The van der Waals surface area contributed by atoms with Crippen molar-refractivity contribution < 1.29 is 4.90 Å².